The van der Waals surface area contributed by atoms with Crippen LogP contribution in [0.1, 0.15) is 6.92 Å². The van der Waals surface area contributed by atoms with Gasteiger partial charge in [-0.1, -0.05) is 0 Å². The van der Waals surface area contributed by atoms with E-state index in [0.717, 1.165) is 11.8 Å². The van der Waals surface area contributed by atoms with Crippen LogP contribution >= 0.6 is 19.6 Å². The maximum Gasteiger partial charge on any atom is 0.525 e. The Kier molecular flexibility index (Phi) is 5.87. The first-order valence-corrected chi connectivity index (χ1v) is 6.48. The molecule has 0 atom stereocenters. The zero-order chi connectivity index (χ0) is 11.2. The SMILES string of the molecule is CCNC(=O)C(=CSC)OP(=O)(O)O. The zero-order valence-corrected chi connectivity index (χ0v) is 9.47. The topological polar surface area (TPSA) is 95.9 Å². The second-order valence-corrected chi connectivity index (χ2v) is 4.03. The van der Waals surface area contributed by atoms with Crippen molar-refractivity contribution in [2.45, 2.75) is 6.92 Å². The summed E-state index contributed by atoms with van der Waals surface area (Å²) in [7, 11) is -4.67. The highest BCUT2D eigenvalue weighted by molar-refractivity contribution is 8.01. The van der Waals surface area contributed by atoms with Crippen LogP contribution in [0.25, 0.3) is 0 Å². The van der Waals surface area contributed by atoms with E-state index < -0.39 is 13.7 Å². The number of rotatable bonds is 5. The Balaban J connectivity index is 4.54. The van der Waals surface area contributed by atoms with Crippen LogP contribution in [0.15, 0.2) is 11.2 Å². The molecule has 0 bridgehead atoms. The second-order valence-electron chi connectivity index (χ2n) is 2.16. The summed E-state index contributed by atoms with van der Waals surface area (Å²) in [5, 5.41) is 3.59. The van der Waals surface area contributed by atoms with E-state index in [-0.39, 0.29) is 5.76 Å². The molecule has 1 amide bonds. The van der Waals surface area contributed by atoms with E-state index in [0.29, 0.717) is 6.54 Å². The predicted octanol–water partition coefficient (Wildman–Crippen LogP) is 0.436. The molecule has 0 aliphatic rings. The minimum absolute atomic E-state index is 0.356. The average Bonchev–Trinajstić information content (AvgIpc) is 2.01. The summed E-state index contributed by atoms with van der Waals surface area (Å²) in [6, 6.07) is 0. The highest BCUT2D eigenvalue weighted by Crippen LogP contribution is 2.39. The number of likely N-dealkylation sites (N-methyl/N-ethyl adjacent to an activating group) is 1. The standard InChI is InChI=1S/C6H12NO5PS/c1-3-7-6(8)5(4-14-2)12-13(9,10)11/h4H,3H2,1-2H3,(H,7,8)(H2,9,10,11). The molecule has 6 nitrogen and oxygen atoms in total. The lowest BCUT2D eigenvalue weighted by atomic mass is 10.5. The van der Waals surface area contributed by atoms with Crippen LogP contribution in [-0.4, -0.2) is 28.5 Å². The molecule has 0 saturated heterocycles. The molecule has 8 heteroatoms. The summed E-state index contributed by atoms with van der Waals surface area (Å²) in [5.74, 6) is -1.03. The van der Waals surface area contributed by atoms with E-state index >= 15 is 0 Å². The number of hydrogen-bond acceptors (Lipinski definition) is 4. The van der Waals surface area contributed by atoms with Crippen LogP contribution < -0.4 is 5.32 Å². The molecule has 0 heterocycles. The fourth-order valence-electron chi connectivity index (χ4n) is 0.599. The molecule has 0 rings (SSSR count). The van der Waals surface area contributed by atoms with Crippen molar-refractivity contribution in [2.75, 3.05) is 12.8 Å². The molecule has 14 heavy (non-hydrogen) atoms. The minimum Gasteiger partial charge on any atom is -0.398 e. The summed E-state index contributed by atoms with van der Waals surface area (Å²) < 4.78 is 14.7. The summed E-state index contributed by atoms with van der Waals surface area (Å²) in [4.78, 5) is 28.1. The van der Waals surface area contributed by atoms with Crippen molar-refractivity contribution in [2.24, 2.45) is 0 Å². The first kappa shape index (κ1) is 13.5. The summed E-state index contributed by atoms with van der Waals surface area (Å²) in [5.41, 5.74) is 0. The van der Waals surface area contributed by atoms with Crippen LogP contribution in [0.2, 0.25) is 0 Å². The molecular weight excluding hydrogens is 229 g/mol. The number of carbonyl (C=O) groups excluding carboxylic acids is 1. The van der Waals surface area contributed by atoms with Gasteiger partial charge in [-0.25, -0.2) is 4.57 Å². The highest BCUT2D eigenvalue weighted by atomic mass is 32.2. The third kappa shape index (κ3) is 6.04. The minimum atomic E-state index is -4.67. The van der Waals surface area contributed by atoms with Crippen LogP contribution in [0.3, 0.4) is 0 Å². The van der Waals surface area contributed by atoms with Gasteiger partial charge >= 0.3 is 7.82 Å². The highest BCUT2D eigenvalue weighted by Gasteiger charge is 2.21. The molecule has 0 aromatic carbocycles. The molecule has 3 N–H and O–H groups in total. The van der Waals surface area contributed by atoms with Crippen LogP contribution in [0.4, 0.5) is 0 Å². The van der Waals surface area contributed by atoms with Crippen molar-refractivity contribution in [3.8, 4) is 0 Å². The lowest BCUT2D eigenvalue weighted by Crippen LogP contribution is -2.25. The van der Waals surface area contributed by atoms with Gasteiger partial charge in [-0.05, 0) is 13.2 Å². The number of phosphoric acid groups is 1. The van der Waals surface area contributed by atoms with Crippen LogP contribution in [0.5, 0.6) is 0 Å². The van der Waals surface area contributed by atoms with Crippen molar-refractivity contribution in [3.63, 3.8) is 0 Å². The van der Waals surface area contributed by atoms with Gasteiger partial charge in [-0.3, -0.25) is 14.6 Å². The van der Waals surface area contributed by atoms with Crippen molar-refractivity contribution in [1.82, 2.24) is 5.32 Å². The molecular formula is C6H12NO5PS. The lowest BCUT2D eigenvalue weighted by Gasteiger charge is -2.09. The van der Waals surface area contributed by atoms with E-state index in [1.54, 1.807) is 13.2 Å². The predicted molar refractivity (Wildman–Crippen MR) is 53.4 cm³/mol. The van der Waals surface area contributed by atoms with E-state index in [4.69, 9.17) is 9.79 Å². The van der Waals surface area contributed by atoms with Gasteiger partial charge in [-0.2, -0.15) is 0 Å². The zero-order valence-electron chi connectivity index (χ0n) is 7.76. The lowest BCUT2D eigenvalue weighted by molar-refractivity contribution is -0.119. The van der Waals surface area contributed by atoms with E-state index in [1.165, 1.54) is 5.41 Å². The number of carbonyl (C=O) groups is 1. The monoisotopic (exact) mass is 241 g/mol. The van der Waals surface area contributed by atoms with Gasteiger partial charge in [0.1, 0.15) is 0 Å². The second kappa shape index (κ2) is 6.08. The van der Waals surface area contributed by atoms with E-state index in [1.807, 2.05) is 0 Å². The maximum atomic E-state index is 11.1. The Morgan fingerprint density at radius 1 is 1.64 bits per heavy atom. The van der Waals surface area contributed by atoms with Crippen molar-refractivity contribution < 1.29 is 23.7 Å². The molecule has 0 fully saturated rings. The maximum absolute atomic E-state index is 11.1. The van der Waals surface area contributed by atoms with Crippen LogP contribution in [-0.2, 0) is 13.9 Å². The smallest absolute Gasteiger partial charge is 0.398 e. The molecule has 0 saturated carbocycles. The molecule has 0 spiro atoms. The van der Waals surface area contributed by atoms with Gasteiger partial charge in [0.15, 0.2) is 0 Å². The Morgan fingerprint density at radius 2 is 2.21 bits per heavy atom. The third-order valence-corrected chi connectivity index (χ3v) is 1.89. The average molecular weight is 241 g/mol. The van der Waals surface area contributed by atoms with Gasteiger partial charge in [-0.15, -0.1) is 11.8 Å². The van der Waals surface area contributed by atoms with Gasteiger partial charge in [0, 0.05) is 12.0 Å². The van der Waals surface area contributed by atoms with E-state index in [2.05, 4.69) is 9.84 Å². The van der Waals surface area contributed by atoms with Crippen molar-refractivity contribution in [1.29, 1.82) is 0 Å². The molecule has 0 aromatic heterocycles. The fourth-order valence-corrected chi connectivity index (χ4v) is 1.43. The molecule has 0 radical (unpaired) electrons. The quantitative estimate of drug-likeness (QED) is 0.367. The van der Waals surface area contributed by atoms with Gasteiger partial charge in [0.05, 0.1) is 0 Å². The van der Waals surface area contributed by atoms with E-state index in [9.17, 15) is 9.36 Å². The normalized spacial score (nSPS) is 12.4. The Morgan fingerprint density at radius 3 is 2.57 bits per heavy atom. The summed E-state index contributed by atoms with van der Waals surface area (Å²) >= 11 is 1.11. The molecule has 0 aliphatic carbocycles. The van der Waals surface area contributed by atoms with Crippen LogP contribution in [0, 0.1) is 0 Å². The third-order valence-electron chi connectivity index (χ3n) is 1.00. The number of nitrogens with one attached hydrogen (secondary N) is 1. The first-order chi connectivity index (χ1) is 6.40. The Hall–Kier alpha value is -0.490. The number of amides is 1. The number of hydrogen-bond donors (Lipinski definition) is 3. The molecule has 0 unspecified atom stereocenters. The van der Waals surface area contributed by atoms with Crippen molar-refractivity contribution in [3.05, 3.63) is 11.2 Å². The summed E-state index contributed by atoms with van der Waals surface area (Å²) in [6.07, 6.45) is 1.64. The molecule has 82 valence electrons. The summed E-state index contributed by atoms with van der Waals surface area (Å²) in [6.45, 7) is 2.04. The molecule has 0 aromatic rings. The first-order valence-electron chi connectivity index (χ1n) is 3.67. The van der Waals surface area contributed by atoms with Gasteiger partial charge < -0.3 is 9.84 Å². The number of phosphoric ester groups is 1. The number of thioether (sulfide) groups is 1. The van der Waals surface area contributed by atoms with Gasteiger partial charge in [0.25, 0.3) is 5.91 Å². The largest absolute Gasteiger partial charge is 0.525 e. The fraction of sp³-hybridized carbons (Fsp3) is 0.500. The van der Waals surface area contributed by atoms with Crippen molar-refractivity contribution >= 4 is 25.5 Å². The van der Waals surface area contributed by atoms with Gasteiger partial charge in [0.2, 0.25) is 5.76 Å². The Labute approximate surface area is 86.0 Å². The Bertz CT molecular complexity index is 273. The molecule has 0 aliphatic heterocycles.